The van der Waals surface area contributed by atoms with E-state index in [1.165, 1.54) is 0 Å². The summed E-state index contributed by atoms with van der Waals surface area (Å²) in [6.07, 6.45) is 2.98. The Morgan fingerprint density at radius 1 is 1.35 bits per heavy atom. The van der Waals surface area contributed by atoms with E-state index in [1.807, 2.05) is 32.0 Å². The summed E-state index contributed by atoms with van der Waals surface area (Å²) < 4.78 is 0. The number of fused-ring (bicyclic) bond motifs is 1. The molecule has 0 unspecified atom stereocenters. The number of rotatable bonds is 5. The molecular formula is C16H19N5O2. The van der Waals surface area contributed by atoms with Gasteiger partial charge >= 0.3 is 0 Å². The Balaban J connectivity index is 1.78. The first-order valence-corrected chi connectivity index (χ1v) is 7.57. The van der Waals surface area contributed by atoms with Gasteiger partial charge in [-0.2, -0.15) is 4.98 Å². The Labute approximate surface area is 134 Å². The number of carbonyl (C=O) groups excluding carboxylic acids is 1. The fourth-order valence-electron chi connectivity index (χ4n) is 2.34. The fourth-order valence-corrected chi connectivity index (χ4v) is 2.34. The third-order valence-corrected chi connectivity index (χ3v) is 3.54. The smallest absolute Gasteiger partial charge is 0.229 e. The first kappa shape index (κ1) is 15.2. The van der Waals surface area contributed by atoms with E-state index < -0.39 is 0 Å². The van der Waals surface area contributed by atoms with Crippen LogP contribution in [0.15, 0.2) is 24.4 Å². The Morgan fingerprint density at radius 2 is 2.22 bits per heavy atom. The molecule has 3 rings (SSSR count). The number of nitrogens with one attached hydrogen (secondary N) is 3. The molecule has 1 amide bonds. The molecular weight excluding hydrogens is 294 g/mol. The van der Waals surface area contributed by atoms with E-state index in [0.717, 1.165) is 28.9 Å². The van der Waals surface area contributed by atoms with Crippen molar-refractivity contribution in [2.45, 2.75) is 26.7 Å². The summed E-state index contributed by atoms with van der Waals surface area (Å²) in [5, 5.41) is 6.05. The molecule has 23 heavy (non-hydrogen) atoms. The molecule has 1 aromatic carbocycles. The topological polar surface area (TPSA) is 88.2 Å². The number of carbonyl (C=O) groups is 1. The van der Waals surface area contributed by atoms with Crippen LogP contribution in [0.2, 0.25) is 0 Å². The van der Waals surface area contributed by atoms with Gasteiger partial charge < -0.3 is 10.6 Å². The molecule has 0 atom stereocenters. The Bertz CT molecular complexity index is 732. The van der Waals surface area contributed by atoms with Crippen LogP contribution in [0, 0.1) is 6.92 Å². The van der Waals surface area contributed by atoms with Gasteiger partial charge in [-0.15, -0.1) is 0 Å². The van der Waals surface area contributed by atoms with Crippen molar-refractivity contribution in [3.05, 3.63) is 35.5 Å². The summed E-state index contributed by atoms with van der Waals surface area (Å²) >= 11 is 0. The van der Waals surface area contributed by atoms with Crippen molar-refractivity contribution in [1.82, 2.24) is 9.97 Å². The largest absolute Gasteiger partial charge is 0.326 e. The summed E-state index contributed by atoms with van der Waals surface area (Å²) in [6.45, 7) is 4.35. The molecule has 7 nitrogen and oxygen atoms in total. The van der Waals surface area contributed by atoms with E-state index in [1.54, 1.807) is 6.20 Å². The predicted molar refractivity (Wildman–Crippen MR) is 88.7 cm³/mol. The van der Waals surface area contributed by atoms with E-state index >= 15 is 0 Å². The Kier molecular flexibility index (Phi) is 4.38. The van der Waals surface area contributed by atoms with E-state index in [4.69, 9.17) is 4.84 Å². The summed E-state index contributed by atoms with van der Waals surface area (Å²) in [4.78, 5) is 25.3. The minimum absolute atomic E-state index is 0.0618. The van der Waals surface area contributed by atoms with Gasteiger partial charge in [0, 0.05) is 29.6 Å². The second kappa shape index (κ2) is 6.62. The zero-order valence-corrected chi connectivity index (χ0v) is 13.1. The lowest BCUT2D eigenvalue weighted by Gasteiger charge is -2.18. The number of hydrogen-bond donors (Lipinski definition) is 3. The molecule has 1 aliphatic heterocycles. The van der Waals surface area contributed by atoms with Gasteiger partial charge in [-0.3, -0.25) is 9.63 Å². The van der Waals surface area contributed by atoms with Crippen molar-refractivity contribution in [1.29, 1.82) is 0 Å². The number of aryl methyl sites for hydroxylation is 2. The van der Waals surface area contributed by atoms with Crippen molar-refractivity contribution in [3.63, 3.8) is 0 Å². The summed E-state index contributed by atoms with van der Waals surface area (Å²) in [7, 11) is 0. The average Bonchev–Trinajstić information content (AvgIpc) is 2.55. The van der Waals surface area contributed by atoms with Crippen LogP contribution in [0.3, 0.4) is 0 Å². The Hall–Kier alpha value is -2.67. The highest BCUT2D eigenvalue weighted by atomic mass is 16.6. The lowest BCUT2D eigenvalue weighted by atomic mass is 10.0. The molecule has 120 valence electrons. The normalized spacial score (nSPS) is 13.2. The number of anilines is 4. The molecule has 0 radical (unpaired) electrons. The summed E-state index contributed by atoms with van der Waals surface area (Å²) in [5.74, 6) is 1.18. The van der Waals surface area contributed by atoms with Crippen LogP contribution in [-0.4, -0.2) is 22.5 Å². The third-order valence-electron chi connectivity index (χ3n) is 3.54. The van der Waals surface area contributed by atoms with Crippen LogP contribution in [-0.2, 0) is 16.1 Å². The van der Waals surface area contributed by atoms with E-state index in [-0.39, 0.29) is 5.91 Å². The molecule has 0 aliphatic carbocycles. The lowest BCUT2D eigenvalue weighted by Crippen LogP contribution is -2.18. The molecule has 2 heterocycles. The molecule has 0 bridgehead atoms. The van der Waals surface area contributed by atoms with Gasteiger partial charge in [0.05, 0.1) is 6.61 Å². The number of hydrogen-bond acceptors (Lipinski definition) is 6. The Morgan fingerprint density at radius 3 is 3.04 bits per heavy atom. The van der Waals surface area contributed by atoms with Gasteiger partial charge in [-0.25, -0.2) is 10.5 Å². The second-order valence-electron chi connectivity index (χ2n) is 5.31. The molecule has 0 saturated heterocycles. The molecule has 3 N–H and O–H groups in total. The predicted octanol–water partition coefficient (Wildman–Crippen LogP) is 2.78. The zero-order chi connectivity index (χ0) is 16.2. The van der Waals surface area contributed by atoms with Crippen LogP contribution < -0.4 is 16.1 Å². The van der Waals surface area contributed by atoms with Gasteiger partial charge in [0.2, 0.25) is 11.9 Å². The van der Waals surface area contributed by atoms with Crippen molar-refractivity contribution in [2.75, 3.05) is 22.7 Å². The maximum absolute atomic E-state index is 11.4. The molecule has 2 aromatic rings. The quantitative estimate of drug-likeness (QED) is 0.736. The number of nitrogens with zero attached hydrogens (tertiary/aromatic N) is 2. The number of amides is 1. The van der Waals surface area contributed by atoms with E-state index in [0.29, 0.717) is 24.8 Å². The van der Waals surface area contributed by atoms with Crippen molar-refractivity contribution < 1.29 is 9.63 Å². The van der Waals surface area contributed by atoms with Crippen LogP contribution >= 0.6 is 0 Å². The van der Waals surface area contributed by atoms with Crippen molar-refractivity contribution in [3.8, 4) is 0 Å². The highest BCUT2D eigenvalue weighted by molar-refractivity contribution is 5.94. The highest BCUT2D eigenvalue weighted by Crippen LogP contribution is 2.27. The van der Waals surface area contributed by atoms with E-state index in [2.05, 4.69) is 26.1 Å². The average molecular weight is 313 g/mol. The maximum atomic E-state index is 11.4. The van der Waals surface area contributed by atoms with Gasteiger partial charge in [0.25, 0.3) is 0 Å². The minimum Gasteiger partial charge on any atom is -0.326 e. The summed E-state index contributed by atoms with van der Waals surface area (Å²) in [6, 6.07) is 5.79. The molecule has 1 aromatic heterocycles. The molecule has 0 spiro atoms. The standard InChI is InChI=1S/C16H19N5O2/c1-3-23-21-15-10(2)9-17-16(20-15)18-12-5-6-13-11(8-12)4-7-14(22)19-13/h5-6,8-9H,3-4,7H2,1-2H3,(H,19,22)(H2,17,18,20,21). The van der Waals surface area contributed by atoms with E-state index in [9.17, 15) is 4.79 Å². The SMILES string of the molecule is CCONc1nc(Nc2ccc3c(c2)CCC(=O)N3)ncc1C. The van der Waals surface area contributed by atoms with Gasteiger partial charge in [-0.05, 0) is 44.0 Å². The first-order valence-electron chi connectivity index (χ1n) is 7.57. The first-order chi connectivity index (χ1) is 11.2. The molecule has 7 heteroatoms. The third kappa shape index (κ3) is 3.57. The van der Waals surface area contributed by atoms with Crippen LogP contribution in [0.25, 0.3) is 0 Å². The zero-order valence-electron chi connectivity index (χ0n) is 13.1. The van der Waals surface area contributed by atoms with Crippen LogP contribution in [0.4, 0.5) is 23.1 Å². The monoisotopic (exact) mass is 313 g/mol. The van der Waals surface area contributed by atoms with Crippen molar-refractivity contribution >= 4 is 29.0 Å². The molecule has 1 aliphatic rings. The fraction of sp³-hybridized carbons (Fsp3) is 0.312. The lowest BCUT2D eigenvalue weighted by molar-refractivity contribution is -0.116. The van der Waals surface area contributed by atoms with Crippen LogP contribution in [0.1, 0.15) is 24.5 Å². The van der Waals surface area contributed by atoms with Crippen LogP contribution in [0.5, 0.6) is 0 Å². The van der Waals surface area contributed by atoms with Crippen molar-refractivity contribution in [2.24, 2.45) is 0 Å². The van der Waals surface area contributed by atoms with Gasteiger partial charge in [-0.1, -0.05) is 0 Å². The molecule has 0 saturated carbocycles. The molecule has 0 fully saturated rings. The highest BCUT2D eigenvalue weighted by Gasteiger charge is 2.15. The van der Waals surface area contributed by atoms with Gasteiger partial charge in [0.15, 0.2) is 5.82 Å². The number of benzene rings is 1. The summed E-state index contributed by atoms with van der Waals surface area (Å²) in [5.41, 5.74) is 6.56. The maximum Gasteiger partial charge on any atom is 0.229 e. The van der Waals surface area contributed by atoms with Gasteiger partial charge in [0.1, 0.15) is 0 Å². The second-order valence-corrected chi connectivity index (χ2v) is 5.31. The minimum atomic E-state index is 0.0618. The number of aromatic nitrogens is 2.